The number of amides is 2. The molecule has 0 saturated heterocycles. The van der Waals surface area contributed by atoms with Gasteiger partial charge in [-0.15, -0.1) is 0 Å². The Morgan fingerprint density at radius 3 is 2.70 bits per heavy atom. The number of benzene rings is 1. The van der Waals surface area contributed by atoms with E-state index in [4.69, 9.17) is 11.6 Å². The molecule has 1 aromatic heterocycles. The molecule has 0 spiro atoms. The molecule has 2 heterocycles. The maximum Gasteiger partial charge on any atom is 0.417 e. The first-order valence-corrected chi connectivity index (χ1v) is 8.27. The van der Waals surface area contributed by atoms with Crippen LogP contribution in [0.1, 0.15) is 29.5 Å². The topological polar surface area (TPSA) is 65.2 Å². The first-order chi connectivity index (χ1) is 12.6. The number of alkyl halides is 3. The number of urea groups is 1. The number of anilines is 1. The van der Waals surface area contributed by atoms with Crippen LogP contribution in [0.15, 0.2) is 29.2 Å². The monoisotopic (exact) mass is 403 g/mol. The molecule has 0 unspecified atom stereocenters. The van der Waals surface area contributed by atoms with Gasteiger partial charge in [0.25, 0.3) is 0 Å². The molecular formula is C17H14ClF4N3O2. The highest BCUT2D eigenvalue weighted by atomic mass is 35.5. The Kier molecular flexibility index (Phi) is 4.90. The first-order valence-electron chi connectivity index (χ1n) is 7.90. The summed E-state index contributed by atoms with van der Waals surface area (Å²) in [6.07, 6.45) is -3.30. The minimum atomic E-state index is -4.80. The van der Waals surface area contributed by atoms with Gasteiger partial charge >= 0.3 is 12.2 Å². The third-order valence-corrected chi connectivity index (χ3v) is 4.64. The molecule has 0 saturated carbocycles. The molecule has 0 aliphatic carbocycles. The molecule has 0 radical (unpaired) electrons. The maximum atomic E-state index is 14.0. The Hall–Kier alpha value is -2.55. The molecule has 1 aliphatic rings. The van der Waals surface area contributed by atoms with Crippen molar-refractivity contribution < 1.29 is 22.4 Å². The molecule has 0 fully saturated rings. The minimum Gasteiger partial charge on any atom is -0.329 e. The lowest BCUT2D eigenvalue weighted by molar-refractivity contribution is -0.137. The summed E-state index contributed by atoms with van der Waals surface area (Å²) in [6, 6.07) is 1.76. The molecule has 10 heteroatoms. The van der Waals surface area contributed by atoms with Crippen LogP contribution in [0.2, 0.25) is 5.02 Å². The van der Waals surface area contributed by atoms with Crippen molar-refractivity contribution in [2.24, 2.45) is 0 Å². The van der Waals surface area contributed by atoms with E-state index >= 15 is 0 Å². The fourth-order valence-corrected chi connectivity index (χ4v) is 3.29. The number of fused-ring (bicyclic) bond motifs is 1. The molecule has 2 N–H and O–H groups in total. The van der Waals surface area contributed by atoms with Crippen molar-refractivity contribution in [3.63, 3.8) is 0 Å². The summed E-state index contributed by atoms with van der Waals surface area (Å²) in [4.78, 5) is 27.8. The molecule has 144 valence electrons. The van der Waals surface area contributed by atoms with E-state index in [0.29, 0.717) is 0 Å². The summed E-state index contributed by atoms with van der Waals surface area (Å²) in [6.45, 7) is 2.25. The van der Waals surface area contributed by atoms with Crippen molar-refractivity contribution >= 4 is 23.3 Å². The highest BCUT2D eigenvalue weighted by Gasteiger charge is 2.34. The molecule has 1 aliphatic heterocycles. The van der Waals surface area contributed by atoms with Gasteiger partial charge in [0.1, 0.15) is 5.82 Å². The molecule has 0 bridgehead atoms. The van der Waals surface area contributed by atoms with Crippen molar-refractivity contribution in [2.75, 3.05) is 11.9 Å². The Bertz CT molecular complexity index is 958. The lowest BCUT2D eigenvalue weighted by atomic mass is 9.93. The minimum absolute atomic E-state index is 0.136. The Balaban J connectivity index is 1.81. The van der Waals surface area contributed by atoms with Gasteiger partial charge in [-0.3, -0.25) is 4.79 Å². The molecular weight excluding hydrogens is 390 g/mol. The van der Waals surface area contributed by atoms with Gasteiger partial charge in [-0.05, 0) is 29.2 Å². The predicted octanol–water partition coefficient (Wildman–Crippen LogP) is 4.34. The average molecular weight is 404 g/mol. The van der Waals surface area contributed by atoms with Gasteiger partial charge in [0.15, 0.2) is 0 Å². The van der Waals surface area contributed by atoms with Crippen LogP contribution in [-0.4, -0.2) is 22.5 Å². The van der Waals surface area contributed by atoms with E-state index in [1.54, 1.807) is 0 Å². The predicted molar refractivity (Wildman–Crippen MR) is 91.3 cm³/mol. The SMILES string of the molecule is C[C@@H]1CN(C(=O)Nc2cc(Cl)c(C(F)(F)F)cc2F)Cc2c[nH]c(=O)cc21. The van der Waals surface area contributed by atoms with E-state index in [2.05, 4.69) is 10.3 Å². The van der Waals surface area contributed by atoms with Crippen molar-refractivity contribution in [3.05, 3.63) is 62.3 Å². The Morgan fingerprint density at radius 2 is 2.04 bits per heavy atom. The highest BCUT2D eigenvalue weighted by molar-refractivity contribution is 6.31. The van der Waals surface area contributed by atoms with Crippen LogP contribution in [0.3, 0.4) is 0 Å². The van der Waals surface area contributed by atoms with Crippen molar-refractivity contribution in [1.29, 1.82) is 0 Å². The van der Waals surface area contributed by atoms with Crippen LogP contribution >= 0.6 is 11.6 Å². The zero-order valence-electron chi connectivity index (χ0n) is 14.0. The van der Waals surface area contributed by atoms with Gasteiger partial charge in [0.05, 0.1) is 16.3 Å². The number of H-pyrrole nitrogens is 1. The standard InChI is InChI=1S/C17H14ClF4N3O2/c1-8-6-25(7-9-5-23-15(26)2-10(8)9)16(27)24-14-4-12(18)11(3-13(14)19)17(20,21)22/h2-5,8H,6-7H2,1H3,(H,23,26)(H,24,27)/t8-/m1/s1. The summed E-state index contributed by atoms with van der Waals surface area (Å²) in [5, 5.41) is 1.54. The van der Waals surface area contributed by atoms with Crippen molar-refractivity contribution in [2.45, 2.75) is 25.6 Å². The quantitative estimate of drug-likeness (QED) is 0.696. The lowest BCUT2D eigenvalue weighted by Crippen LogP contribution is -2.40. The summed E-state index contributed by atoms with van der Waals surface area (Å²) in [5.74, 6) is -1.38. The third kappa shape index (κ3) is 3.92. The zero-order chi connectivity index (χ0) is 19.9. The average Bonchev–Trinajstić information content (AvgIpc) is 2.57. The van der Waals surface area contributed by atoms with Crippen LogP contribution in [0.5, 0.6) is 0 Å². The van der Waals surface area contributed by atoms with E-state index in [-0.39, 0.29) is 30.6 Å². The number of aromatic nitrogens is 1. The molecule has 2 aromatic rings. The van der Waals surface area contributed by atoms with Crippen LogP contribution in [-0.2, 0) is 12.7 Å². The van der Waals surface area contributed by atoms with Crippen molar-refractivity contribution in [1.82, 2.24) is 9.88 Å². The molecule has 5 nitrogen and oxygen atoms in total. The summed E-state index contributed by atoms with van der Waals surface area (Å²) in [5.41, 5.74) is -0.469. The van der Waals surface area contributed by atoms with Gasteiger partial charge in [-0.2, -0.15) is 13.2 Å². The maximum absolute atomic E-state index is 14.0. The van der Waals surface area contributed by atoms with Crippen LogP contribution < -0.4 is 10.9 Å². The fraction of sp³-hybridized carbons (Fsp3) is 0.294. The van der Waals surface area contributed by atoms with Gasteiger partial charge in [-0.1, -0.05) is 18.5 Å². The number of carbonyl (C=O) groups is 1. The van der Waals surface area contributed by atoms with Gasteiger partial charge in [0.2, 0.25) is 5.56 Å². The molecule has 3 rings (SSSR count). The first kappa shape index (κ1) is 19.2. The van der Waals surface area contributed by atoms with E-state index in [1.165, 1.54) is 17.2 Å². The smallest absolute Gasteiger partial charge is 0.329 e. The lowest BCUT2D eigenvalue weighted by Gasteiger charge is -2.32. The van der Waals surface area contributed by atoms with Gasteiger partial charge in [-0.25, -0.2) is 9.18 Å². The number of hydrogen-bond acceptors (Lipinski definition) is 2. The second kappa shape index (κ2) is 6.88. The largest absolute Gasteiger partial charge is 0.417 e. The number of nitrogens with one attached hydrogen (secondary N) is 2. The second-order valence-corrected chi connectivity index (χ2v) is 6.71. The number of pyridine rings is 1. The van der Waals surface area contributed by atoms with E-state index < -0.39 is 34.3 Å². The van der Waals surface area contributed by atoms with Crippen LogP contribution in [0, 0.1) is 5.82 Å². The number of hydrogen-bond donors (Lipinski definition) is 2. The number of nitrogens with zero attached hydrogens (tertiary/aromatic N) is 1. The van der Waals surface area contributed by atoms with Crippen LogP contribution in [0.4, 0.5) is 28.0 Å². The van der Waals surface area contributed by atoms with Crippen molar-refractivity contribution in [3.8, 4) is 0 Å². The van der Waals surface area contributed by atoms with Gasteiger partial charge < -0.3 is 15.2 Å². The fourth-order valence-electron chi connectivity index (χ4n) is 3.02. The van der Waals surface area contributed by atoms with E-state index in [0.717, 1.165) is 17.2 Å². The Morgan fingerprint density at radius 1 is 1.33 bits per heavy atom. The Labute approximate surface area is 155 Å². The van der Waals surface area contributed by atoms with Crippen LogP contribution in [0.25, 0.3) is 0 Å². The number of halogens is 5. The highest BCUT2D eigenvalue weighted by Crippen LogP contribution is 2.37. The number of rotatable bonds is 1. The normalized spacial score (nSPS) is 16.8. The summed E-state index contributed by atoms with van der Waals surface area (Å²) < 4.78 is 52.3. The second-order valence-electron chi connectivity index (χ2n) is 6.30. The number of carbonyl (C=O) groups excluding carboxylic acids is 1. The molecule has 2 amide bonds. The molecule has 1 atom stereocenters. The third-order valence-electron chi connectivity index (χ3n) is 4.32. The zero-order valence-corrected chi connectivity index (χ0v) is 14.7. The van der Waals surface area contributed by atoms with Gasteiger partial charge in [0, 0.05) is 25.4 Å². The van der Waals surface area contributed by atoms with E-state index in [1.807, 2.05) is 6.92 Å². The molecule has 1 aromatic carbocycles. The number of aromatic amines is 1. The van der Waals surface area contributed by atoms with E-state index in [9.17, 15) is 27.2 Å². The summed E-state index contributed by atoms with van der Waals surface area (Å²) >= 11 is 5.57. The molecule has 27 heavy (non-hydrogen) atoms. The summed E-state index contributed by atoms with van der Waals surface area (Å²) in [7, 11) is 0.